The molecule has 0 bridgehead atoms. The van der Waals surface area contributed by atoms with Crippen LogP contribution in [-0.4, -0.2) is 29.9 Å². The van der Waals surface area contributed by atoms with Crippen molar-refractivity contribution >= 4 is 27.4 Å². The Morgan fingerprint density at radius 2 is 1.69 bits per heavy atom. The van der Waals surface area contributed by atoms with Crippen LogP contribution in [-0.2, 0) is 21.1 Å². The maximum atomic E-state index is 15.1. The molecule has 2 aromatic rings. The smallest absolute Gasteiger partial charge is 0.322 e. The van der Waals surface area contributed by atoms with E-state index in [4.69, 9.17) is 5.26 Å². The predicted octanol–water partition coefficient (Wildman–Crippen LogP) is 3.83. The first-order chi connectivity index (χ1) is 14.6. The van der Waals surface area contributed by atoms with Crippen molar-refractivity contribution in [3.05, 3.63) is 58.9 Å². The van der Waals surface area contributed by atoms with Gasteiger partial charge in [-0.3, -0.25) is 14.2 Å². The number of nitrogens with zero attached hydrogens (tertiary/aromatic N) is 3. The molecule has 12 heteroatoms. The third-order valence-corrected chi connectivity index (χ3v) is 6.10. The van der Waals surface area contributed by atoms with Gasteiger partial charge in [0, 0.05) is 5.69 Å². The van der Waals surface area contributed by atoms with Crippen molar-refractivity contribution < 1.29 is 35.3 Å². The van der Waals surface area contributed by atoms with Gasteiger partial charge >= 0.3 is 16.3 Å². The fourth-order valence-corrected chi connectivity index (χ4v) is 4.79. The van der Waals surface area contributed by atoms with E-state index in [1.807, 2.05) is 0 Å². The number of alkyl halides is 3. The van der Waals surface area contributed by atoms with Crippen molar-refractivity contribution in [2.24, 2.45) is 0 Å². The van der Waals surface area contributed by atoms with Gasteiger partial charge in [0.15, 0.2) is 5.82 Å². The summed E-state index contributed by atoms with van der Waals surface area (Å²) in [6.07, 6.45) is -5.30. The van der Waals surface area contributed by atoms with E-state index in [1.165, 1.54) is 32.0 Å². The zero-order valence-electron chi connectivity index (χ0n) is 17.0. The van der Waals surface area contributed by atoms with Crippen molar-refractivity contribution in [2.45, 2.75) is 38.0 Å². The fourth-order valence-electron chi connectivity index (χ4n) is 3.66. The highest BCUT2D eigenvalue weighted by Gasteiger charge is 2.58. The monoisotopic (exact) mass is 471 g/mol. The summed E-state index contributed by atoms with van der Waals surface area (Å²) in [5, 5.41) is 8.95. The normalized spacial score (nSPS) is 18.7. The Kier molecular flexibility index (Phi) is 5.47. The molecule has 1 amide bonds. The van der Waals surface area contributed by atoms with E-state index in [-0.39, 0.29) is 10.6 Å². The number of benzene rings is 2. The van der Waals surface area contributed by atoms with Gasteiger partial charge in [0.05, 0.1) is 17.3 Å². The third-order valence-electron chi connectivity index (χ3n) is 5.15. The van der Waals surface area contributed by atoms with Crippen LogP contribution in [0.25, 0.3) is 0 Å². The van der Waals surface area contributed by atoms with Crippen LogP contribution in [0.15, 0.2) is 36.4 Å². The lowest BCUT2D eigenvalue weighted by atomic mass is 10.0. The highest BCUT2D eigenvalue weighted by molar-refractivity contribution is 7.86. The summed E-state index contributed by atoms with van der Waals surface area (Å²) in [5.41, 5.74) is -7.01. The van der Waals surface area contributed by atoms with E-state index in [0.29, 0.717) is 12.1 Å². The van der Waals surface area contributed by atoms with Crippen LogP contribution in [0.4, 0.5) is 28.9 Å². The summed E-state index contributed by atoms with van der Waals surface area (Å²) >= 11 is 0. The summed E-state index contributed by atoms with van der Waals surface area (Å²) in [6.45, 7) is 4.33. The first kappa shape index (κ1) is 23.5. The quantitative estimate of drug-likeness (QED) is 0.539. The molecule has 1 aliphatic rings. The van der Waals surface area contributed by atoms with Gasteiger partial charge in [-0.1, -0.05) is 17.7 Å². The van der Waals surface area contributed by atoms with Gasteiger partial charge in [-0.2, -0.15) is 26.9 Å². The second kappa shape index (κ2) is 7.46. The lowest BCUT2D eigenvalue weighted by Crippen LogP contribution is -2.49. The molecule has 2 aromatic carbocycles. The van der Waals surface area contributed by atoms with Gasteiger partial charge in [-0.25, -0.2) is 4.39 Å². The molecule has 1 fully saturated rings. The Bertz CT molecular complexity index is 1240. The van der Waals surface area contributed by atoms with Crippen molar-refractivity contribution in [3.8, 4) is 6.07 Å². The zero-order valence-corrected chi connectivity index (χ0v) is 17.8. The SMILES string of the molecule is Cc1ccc(N2C(S(=O)(=O)O)N(c3ccc(C#N)c(C(F)(F)F)c3F)C(=O)C2(C)C)cc1. The molecule has 1 saturated heterocycles. The Labute approximate surface area is 181 Å². The molecule has 1 aliphatic heterocycles. The minimum absolute atomic E-state index is 0.157. The molecule has 1 unspecified atom stereocenters. The minimum atomic E-state index is -5.30. The minimum Gasteiger partial charge on any atom is -0.322 e. The van der Waals surface area contributed by atoms with Crippen LogP contribution in [0.2, 0.25) is 0 Å². The molecule has 0 aromatic heterocycles. The summed E-state index contributed by atoms with van der Waals surface area (Å²) in [5.74, 6) is -3.07. The highest BCUT2D eigenvalue weighted by Crippen LogP contribution is 2.44. The second-order valence-electron chi connectivity index (χ2n) is 7.71. The van der Waals surface area contributed by atoms with Gasteiger partial charge in [-0.15, -0.1) is 0 Å². The summed E-state index contributed by atoms with van der Waals surface area (Å²) in [4.78, 5) is 14.4. The van der Waals surface area contributed by atoms with Crippen molar-refractivity contribution in [1.29, 1.82) is 5.26 Å². The zero-order chi connectivity index (χ0) is 24.2. The van der Waals surface area contributed by atoms with Crippen molar-refractivity contribution in [1.82, 2.24) is 0 Å². The van der Waals surface area contributed by atoms with Gasteiger partial charge < -0.3 is 4.90 Å². The number of amides is 1. The average molecular weight is 471 g/mol. The molecule has 7 nitrogen and oxygen atoms in total. The van der Waals surface area contributed by atoms with E-state index in [9.17, 15) is 30.9 Å². The van der Waals surface area contributed by atoms with E-state index in [1.54, 1.807) is 19.1 Å². The Hall–Kier alpha value is -3.17. The molecule has 32 heavy (non-hydrogen) atoms. The Morgan fingerprint density at radius 3 is 2.16 bits per heavy atom. The van der Waals surface area contributed by atoms with Gasteiger partial charge in [0.25, 0.3) is 5.91 Å². The molecule has 0 radical (unpaired) electrons. The molecule has 170 valence electrons. The molecule has 3 rings (SSSR count). The molecule has 0 spiro atoms. The lowest BCUT2D eigenvalue weighted by molar-refractivity contribution is -0.140. The lowest BCUT2D eigenvalue weighted by Gasteiger charge is -2.34. The first-order valence-electron chi connectivity index (χ1n) is 9.08. The molecule has 1 N–H and O–H groups in total. The predicted molar refractivity (Wildman–Crippen MR) is 107 cm³/mol. The van der Waals surface area contributed by atoms with Crippen LogP contribution in [0.1, 0.15) is 30.5 Å². The second-order valence-corrected chi connectivity index (χ2v) is 9.16. The number of carbonyl (C=O) groups is 1. The van der Waals surface area contributed by atoms with Crippen molar-refractivity contribution in [2.75, 3.05) is 9.80 Å². The number of carbonyl (C=O) groups excluding carboxylic acids is 1. The van der Waals surface area contributed by atoms with Crippen LogP contribution >= 0.6 is 0 Å². The van der Waals surface area contributed by atoms with E-state index in [2.05, 4.69) is 0 Å². The number of hydrogen-bond donors (Lipinski definition) is 1. The maximum Gasteiger partial charge on any atom is 0.420 e. The Balaban J connectivity index is 2.33. The standard InChI is InChI=1S/C20H17F4N3O4S/c1-11-4-7-13(8-5-11)27-18(32(29,30)31)26(17(28)19(27,2)3)14-9-6-12(10-25)15(16(14)21)20(22,23)24/h4-9,18H,1-3H3,(H,29,30,31). The number of hydrogen-bond acceptors (Lipinski definition) is 5. The molecule has 0 saturated carbocycles. The average Bonchev–Trinajstić information content (AvgIpc) is 2.88. The van der Waals surface area contributed by atoms with Crippen LogP contribution in [0, 0.1) is 24.1 Å². The molecule has 1 heterocycles. The first-order valence-corrected chi connectivity index (χ1v) is 10.6. The van der Waals surface area contributed by atoms with Gasteiger partial charge in [0.2, 0.25) is 5.50 Å². The molecular formula is C20H17F4N3O4S. The van der Waals surface area contributed by atoms with Gasteiger partial charge in [-0.05, 0) is 45.0 Å². The third kappa shape index (κ3) is 3.67. The number of aryl methyl sites for hydroxylation is 1. The van der Waals surface area contributed by atoms with E-state index in [0.717, 1.165) is 10.5 Å². The molecule has 0 aliphatic carbocycles. The van der Waals surface area contributed by atoms with Crippen LogP contribution < -0.4 is 9.80 Å². The van der Waals surface area contributed by atoms with Crippen LogP contribution in [0.5, 0.6) is 0 Å². The summed E-state index contributed by atoms with van der Waals surface area (Å²) < 4.78 is 90.1. The largest absolute Gasteiger partial charge is 0.420 e. The van der Waals surface area contributed by atoms with Gasteiger partial charge in [0.1, 0.15) is 11.1 Å². The summed E-state index contributed by atoms with van der Waals surface area (Å²) in [6, 6.07) is 8.69. The highest BCUT2D eigenvalue weighted by atomic mass is 32.2. The van der Waals surface area contributed by atoms with E-state index < -0.39 is 55.9 Å². The number of nitriles is 1. The molecule has 1 atom stereocenters. The molecular weight excluding hydrogens is 454 g/mol. The Morgan fingerprint density at radius 1 is 1.12 bits per heavy atom. The number of anilines is 2. The maximum absolute atomic E-state index is 15.1. The van der Waals surface area contributed by atoms with Crippen LogP contribution in [0.3, 0.4) is 0 Å². The number of halogens is 4. The van der Waals surface area contributed by atoms with E-state index >= 15 is 4.39 Å². The topological polar surface area (TPSA) is 102 Å². The number of rotatable bonds is 3. The summed E-state index contributed by atoms with van der Waals surface area (Å²) in [7, 11) is -5.17. The van der Waals surface area contributed by atoms with Crippen molar-refractivity contribution in [3.63, 3.8) is 0 Å². The fraction of sp³-hybridized carbons (Fsp3) is 0.300.